The molecular weight excluding hydrogens is 476 g/mol. The van der Waals surface area contributed by atoms with Crippen molar-refractivity contribution in [3.8, 4) is 11.5 Å². The summed E-state index contributed by atoms with van der Waals surface area (Å²) in [5, 5.41) is 11.7. The average Bonchev–Trinajstić information content (AvgIpc) is 3.45. The molecule has 1 atom stereocenters. The molecule has 1 aliphatic rings. The molecule has 1 aromatic heterocycles. The molecule has 0 spiro atoms. The number of ether oxygens (including phenoxy) is 2. The Kier molecular flexibility index (Phi) is 6.20. The number of ketones is 1. The van der Waals surface area contributed by atoms with Crippen molar-refractivity contribution in [1.29, 1.82) is 0 Å². The van der Waals surface area contributed by atoms with Crippen LogP contribution < -0.4 is 14.4 Å². The first-order valence-corrected chi connectivity index (χ1v) is 12.3. The predicted octanol–water partition coefficient (Wildman–Crippen LogP) is 5.50. The van der Waals surface area contributed by atoms with Crippen LogP contribution in [-0.2, 0) is 16.0 Å². The van der Waals surface area contributed by atoms with E-state index in [1.807, 2.05) is 18.2 Å². The van der Waals surface area contributed by atoms with Gasteiger partial charge in [0.2, 0.25) is 0 Å². The number of benzene rings is 3. The van der Waals surface area contributed by atoms with Crippen LogP contribution in [0, 0.1) is 0 Å². The smallest absolute Gasteiger partial charge is 0.301 e. The predicted molar refractivity (Wildman–Crippen MR) is 140 cm³/mol. The van der Waals surface area contributed by atoms with Gasteiger partial charge in [0, 0.05) is 5.56 Å². The Morgan fingerprint density at radius 2 is 1.61 bits per heavy atom. The van der Waals surface area contributed by atoms with Gasteiger partial charge in [-0.15, -0.1) is 0 Å². The third kappa shape index (κ3) is 3.99. The summed E-state index contributed by atoms with van der Waals surface area (Å²) in [6.07, 6.45) is 0.876. The van der Waals surface area contributed by atoms with E-state index in [2.05, 4.69) is 11.9 Å². The first-order valence-electron chi connectivity index (χ1n) is 11.4. The van der Waals surface area contributed by atoms with E-state index >= 15 is 0 Å². The van der Waals surface area contributed by atoms with E-state index in [-0.39, 0.29) is 11.3 Å². The minimum absolute atomic E-state index is 0.00355. The third-order valence-electron chi connectivity index (χ3n) is 6.30. The monoisotopic (exact) mass is 500 g/mol. The van der Waals surface area contributed by atoms with Crippen molar-refractivity contribution in [3.63, 3.8) is 0 Å². The van der Waals surface area contributed by atoms with Gasteiger partial charge in [0.1, 0.15) is 17.3 Å². The van der Waals surface area contributed by atoms with Crippen LogP contribution in [0.1, 0.15) is 29.7 Å². The van der Waals surface area contributed by atoms with Crippen molar-refractivity contribution in [2.24, 2.45) is 0 Å². The van der Waals surface area contributed by atoms with E-state index in [4.69, 9.17) is 9.47 Å². The highest BCUT2D eigenvalue weighted by atomic mass is 32.1. The lowest BCUT2D eigenvalue weighted by molar-refractivity contribution is -0.132. The summed E-state index contributed by atoms with van der Waals surface area (Å²) in [4.78, 5) is 32.8. The molecule has 0 radical (unpaired) electrons. The Balaban J connectivity index is 1.69. The SMILES string of the molecule is CCc1ccc2nc(N3C(=O)C(=O)/C(=C(/O)c4ccc(OC)cc4)[C@H]3c3ccc(OC)cc3)sc2c1. The average molecular weight is 501 g/mol. The topological polar surface area (TPSA) is 89.0 Å². The van der Waals surface area contributed by atoms with Crippen LogP contribution in [0.15, 0.2) is 72.3 Å². The Morgan fingerprint density at radius 3 is 2.22 bits per heavy atom. The van der Waals surface area contributed by atoms with Crippen LogP contribution in [0.3, 0.4) is 0 Å². The number of aliphatic hydroxyl groups is 1. The van der Waals surface area contributed by atoms with Gasteiger partial charge in [0.25, 0.3) is 5.78 Å². The molecule has 1 fully saturated rings. The van der Waals surface area contributed by atoms with E-state index in [0.717, 1.165) is 22.2 Å². The van der Waals surface area contributed by atoms with Crippen molar-refractivity contribution < 1.29 is 24.2 Å². The minimum atomic E-state index is -0.857. The highest BCUT2D eigenvalue weighted by Gasteiger charge is 2.48. The third-order valence-corrected chi connectivity index (χ3v) is 7.31. The van der Waals surface area contributed by atoms with Crippen molar-refractivity contribution in [3.05, 3.63) is 89.0 Å². The maximum Gasteiger partial charge on any atom is 0.301 e. The fraction of sp³-hybridized carbons (Fsp3) is 0.179. The lowest BCUT2D eigenvalue weighted by Crippen LogP contribution is -2.29. The van der Waals surface area contributed by atoms with E-state index in [1.54, 1.807) is 62.8 Å². The molecule has 3 aromatic carbocycles. The second-order valence-electron chi connectivity index (χ2n) is 8.32. The summed E-state index contributed by atoms with van der Waals surface area (Å²) < 4.78 is 11.4. The molecule has 0 saturated carbocycles. The number of amides is 1. The van der Waals surface area contributed by atoms with Gasteiger partial charge in [-0.05, 0) is 66.1 Å². The molecular formula is C28H24N2O5S. The maximum atomic E-state index is 13.4. The van der Waals surface area contributed by atoms with Gasteiger partial charge >= 0.3 is 5.91 Å². The fourth-order valence-electron chi connectivity index (χ4n) is 4.32. The molecule has 0 unspecified atom stereocenters. The molecule has 1 saturated heterocycles. The number of aryl methyl sites for hydroxylation is 1. The Morgan fingerprint density at radius 1 is 0.972 bits per heavy atom. The molecule has 2 heterocycles. The van der Waals surface area contributed by atoms with Crippen LogP contribution >= 0.6 is 11.3 Å². The van der Waals surface area contributed by atoms with Crippen LogP contribution in [0.4, 0.5) is 5.13 Å². The lowest BCUT2D eigenvalue weighted by Gasteiger charge is -2.23. The minimum Gasteiger partial charge on any atom is -0.507 e. The summed E-state index contributed by atoms with van der Waals surface area (Å²) in [5.74, 6) is -0.510. The van der Waals surface area contributed by atoms with Crippen molar-refractivity contribution in [2.45, 2.75) is 19.4 Å². The number of fused-ring (bicyclic) bond motifs is 1. The van der Waals surface area contributed by atoms with Crippen LogP contribution in [0.25, 0.3) is 16.0 Å². The molecule has 1 N–H and O–H groups in total. The molecule has 0 aliphatic carbocycles. The molecule has 5 rings (SSSR count). The molecule has 182 valence electrons. The quantitative estimate of drug-likeness (QED) is 0.214. The highest BCUT2D eigenvalue weighted by Crippen LogP contribution is 2.44. The first-order chi connectivity index (χ1) is 17.4. The number of methoxy groups -OCH3 is 2. The number of Topliss-reactive ketones (excluding diaryl/α,β-unsaturated/α-hetero) is 1. The number of hydrogen-bond acceptors (Lipinski definition) is 7. The summed E-state index contributed by atoms with van der Waals surface area (Å²) in [5.41, 5.74) is 2.97. The number of aromatic nitrogens is 1. The van der Waals surface area contributed by atoms with Gasteiger partial charge in [-0.3, -0.25) is 14.5 Å². The summed E-state index contributed by atoms with van der Waals surface area (Å²) >= 11 is 1.35. The van der Waals surface area contributed by atoms with Gasteiger partial charge in [-0.2, -0.15) is 0 Å². The van der Waals surface area contributed by atoms with Crippen LogP contribution in [-0.4, -0.2) is 36.0 Å². The largest absolute Gasteiger partial charge is 0.507 e. The fourth-order valence-corrected chi connectivity index (χ4v) is 5.37. The highest BCUT2D eigenvalue weighted by molar-refractivity contribution is 7.22. The van der Waals surface area contributed by atoms with Gasteiger partial charge < -0.3 is 14.6 Å². The van der Waals surface area contributed by atoms with E-state index < -0.39 is 17.7 Å². The zero-order chi connectivity index (χ0) is 25.4. The summed E-state index contributed by atoms with van der Waals surface area (Å²) in [7, 11) is 3.11. The number of hydrogen-bond donors (Lipinski definition) is 1. The summed E-state index contributed by atoms with van der Waals surface area (Å²) in [6, 6.07) is 18.9. The van der Waals surface area contributed by atoms with Gasteiger partial charge in [0.05, 0.1) is 36.1 Å². The van der Waals surface area contributed by atoms with Crippen LogP contribution in [0.2, 0.25) is 0 Å². The van der Waals surface area contributed by atoms with E-state index in [0.29, 0.717) is 27.8 Å². The molecule has 0 bridgehead atoms. The second kappa shape index (κ2) is 9.47. The zero-order valence-corrected chi connectivity index (χ0v) is 20.8. The normalized spacial score (nSPS) is 17.1. The van der Waals surface area contributed by atoms with Crippen molar-refractivity contribution in [2.75, 3.05) is 19.1 Å². The van der Waals surface area contributed by atoms with Crippen molar-refractivity contribution in [1.82, 2.24) is 4.98 Å². The second-order valence-corrected chi connectivity index (χ2v) is 9.33. The number of carbonyl (C=O) groups is 2. The first kappa shape index (κ1) is 23.6. The maximum absolute atomic E-state index is 13.4. The standard InChI is InChI=1S/C28H24N2O5S/c1-4-16-5-14-21-22(15-16)36-28(29-21)30-24(17-6-10-19(34-2)11-7-17)23(26(32)27(30)33)25(31)18-8-12-20(35-3)13-9-18/h5-15,24,31H,4H2,1-3H3/b25-23+/t24-/m1/s1. The molecule has 8 heteroatoms. The van der Waals surface area contributed by atoms with E-state index in [1.165, 1.54) is 16.2 Å². The molecule has 4 aromatic rings. The Bertz CT molecular complexity index is 1490. The Hall–Kier alpha value is -4.17. The number of nitrogens with zero attached hydrogens (tertiary/aromatic N) is 2. The van der Waals surface area contributed by atoms with E-state index in [9.17, 15) is 14.7 Å². The molecule has 7 nitrogen and oxygen atoms in total. The molecule has 36 heavy (non-hydrogen) atoms. The van der Waals surface area contributed by atoms with Crippen LogP contribution in [0.5, 0.6) is 11.5 Å². The van der Waals surface area contributed by atoms with Gasteiger partial charge in [-0.25, -0.2) is 4.98 Å². The molecule has 1 aliphatic heterocycles. The Labute approximate surface area is 212 Å². The number of rotatable bonds is 6. The van der Waals surface area contributed by atoms with Gasteiger partial charge in [0.15, 0.2) is 5.13 Å². The number of anilines is 1. The number of carbonyl (C=O) groups excluding carboxylic acids is 2. The zero-order valence-electron chi connectivity index (χ0n) is 20.0. The van der Waals surface area contributed by atoms with Crippen molar-refractivity contribution >= 4 is 44.1 Å². The number of aliphatic hydroxyl groups excluding tert-OH is 1. The van der Waals surface area contributed by atoms with Gasteiger partial charge in [-0.1, -0.05) is 36.5 Å². The number of thiazole rings is 1. The molecule has 1 amide bonds. The summed E-state index contributed by atoms with van der Waals surface area (Å²) in [6.45, 7) is 2.07. The lowest BCUT2D eigenvalue weighted by atomic mass is 9.95.